The van der Waals surface area contributed by atoms with Gasteiger partial charge in [-0.3, -0.25) is 4.79 Å². The molecule has 18 heavy (non-hydrogen) atoms. The highest BCUT2D eigenvalue weighted by molar-refractivity contribution is 7.80. The fourth-order valence-electron chi connectivity index (χ4n) is 1.65. The van der Waals surface area contributed by atoms with Crippen molar-refractivity contribution in [2.45, 2.75) is 6.92 Å². The maximum Gasteiger partial charge on any atom is 0.261 e. The van der Waals surface area contributed by atoms with Gasteiger partial charge in [-0.1, -0.05) is 11.6 Å². The van der Waals surface area contributed by atoms with Crippen molar-refractivity contribution in [3.05, 3.63) is 39.7 Å². The molecule has 0 aliphatic rings. The summed E-state index contributed by atoms with van der Waals surface area (Å²) in [5.41, 5.74) is 6.36. The van der Waals surface area contributed by atoms with E-state index >= 15 is 0 Å². The minimum Gasteiger partial charge on any atom is -0.506 e. The van der Waals surface area contributed by atoms with E-state index in [4.69, 9.17) is 5.73 Å². The van der Waals surface area contributed by atoms with Gasteiger partial charge in [-0.05, 0) is 31.3 Å². The van der Waals surface area contributed by atoms with Crippen molar-refractivity contribution in [2.75, 3.05) is 0 Å². The first-order valence-corrected chi connectivity index (χ1v) is 5.59. The first-order valence-electron chi connectivity index (χ1n) is 5.18. The molecule has 0 bridgehead atoms. The van der Waals surface area contributed by atoms with E-state index in [1.54, 1.807) is 12.1 Å². The van der Waals surface area contributed by atoms with Crippen LogP contribution in [-0.4, -0.2) is 21.4 Å². The molecule has 0 saturated carbocycles. The molecule has 0 aliphatic heterocycles. The van der Waals surface area contributed by atoms with Crippen LogP contribution >= 0.6 is 12.2 Å². The summed E-state index contributed by atoms with van der Waals surface area (Å²) in [4.78, 5) is 18.1. The van der Waals surface area contributed by atoms with Crippen molar-refractivity contribution in [2.24, 2.45) is 10.7 Å². The van der Waals surface area contributed by atoms with Crippen molar-refractivity contribution in [3.63, 3.8) is 0 Å². The maximum atomic E-state index is 11.8. The lowest BCUT2D eigenvalue weighted by molar-refractivity contribution is 0.479. The second-order valence-electron chi connectivity index (χ2n) is 3.86. The van der Waals surface area contributed by atoms with Gasteiger partial charge >= 0.3 is 0 Å². The van der Waals surface area contributed by atoms with Crippen LogP contribution in [-0.2, 0) is 0 Å². The Kier molecular flexibility index (Phi) is 3.12. The quantitative estimate of drug-likeness (QED) is 0.531. The molecule has 0 fully saturated rings. The molecule has 2 aromatic rings. The van der Waals surface area contributed by atoms with Gasteiger partial charge in [0.15, 0.2) is 5.11 Å². The van der Waals surface area contributed by atoms with Gasteiger partial charge in [-0.25, -0.2) is 4.99 Å². The lowest BCUT2D eigenvalue weighted by Gasteiger charge is -2.04. The molecule has 0 aliphatic carbocycles. The maximum absolute atomic E-state index is 11.8. The van der Waals surface area contributed by atoms with Gasteiger partial charge in [-0.2, -0.15) is 0 Å². The second kappa shape index (κ2) is 4.58. The average molecular weight is 261 g/mol. The van der Waals surface area contributed by atoms with Crippen LogP contribution in [0.15, 0.2) is 28.0 Å². The molecule has 5 nitrogen and oxygen atoms in total. The van der Waals surface area contributed by atoms with Gasteiger partial charge in [0.05, 0.1) is 5.52 Å². The second-order valence-corrected chi connectivity index (χ2v) is 4.28. The number of aryl methyl sites for hydroxylation is 1. The number of thiocarbonyl (C=S) groups is 1. The van der Waals surface area contributed by atoms with Gasteiger partial charge < -0.3 is 15.8 Å². The van der Waals surface area contributed by atoms with Gasteiger partial charge in [-0.15, -0.1) is 0 Å². The highest BCUT2D eigenvalue weighted by Crippen LogP contribution is 2.24. The third-order valence-corrected chi connectivity index (χ3v) is 2.60. The standard InChI is InChI=1S/C12H11N3O2S/c1-6-2-3-9-7(4-6)10(16)8(11(17)15-9)5-14-12(13)18/h2-5H,1H3,(H2,13,18)(H2,15,16,17). The van der Waals surface area contributed by atoms with Crippen LogP contribution in [0.1, 0.15) is 11.1 Å². The van der Waals surface area contributed by atoms with E-state index in [1.807, 2.05) is 13.0 Å². The summed E-state index contributed by atoms with van der Waals surface area (Å²) in [6.07, 6.45) is 1.16. The number of pyridine rings is 1. The summed E-state index contributed by atoms with van der Waals surface area (Å²) in [5, 5.41) is 10.5. The lowest BCUT2D eigenvalue weighted by atomic mass is 10.1. The molecule has 1 aromatic carbocycles. The number of nitrogens with zero attached hydrogens (tertiary/aromatic N) is 1. The van der Waals surface area contributed by atoms with Crippen LogP contribution in [0.2, 0.25) is 0 Å². The van der Waals surface area contributed by atoms with E-state index in [2.05, 4.69) is 22.2 Å². The molecule has 1 heterocycles. The Labute approximate surface area is 108 Å². The number of aromatic hydroxyl groups is 1. The fraction of sp³-hybridized carbons (Fsp3) is 0.0833. The number of rotatable bonds is 1. The molecule has 0 radical (unpaired) electrons. The SMILES string of the molecule is Cc1ccc2[nH]c(=O)c(C=NC(N)=S)c(O)c2c1. The highest BCUT2D eigenvalue weighted by Gasteiger charge is 2.10. The first-order chi connectivity index (χ1) is 8.49. The monoisotopic (exact) mass is 261 g/mol. The van der Waals surface area contributed by atoms with Crippen LogP contribution in [0.3, 0.4) is 0 Å². The molecule has 0 atom stereocenters. The number of aromatic nitrogens is 1. The Hall–Kier alpha value is -2.21. The molecular formula is C12H11N3O2S. The van der Waals surface area contributed by atoms with Crippen molar-refractivity contribution in [1.82, 2.24) is 4.98 Å². The third-order valence-electron chi connectivity index (χ3n) is 2.50. The molecule has 2 rings (SSSR count). The number of nitrogens with one attached hydrogen (secondary N) is 1. The largest absolute Gasteiger partial charge is 0.506 e. The predicted molar refractivity (Wildman–Crippen MR) is 75.3 cm³/mol. The topological polar surface area (TPSA) is 91.5 Å². The number of H-pyrrole nitrogens is 1. The molecule has 0 spiro atoms. The summed E-state index contributed by atoms with van der Waals surface area (Å²) < 4.78 is 0. The van der Waals surface area contributed by atoms with E-state index in [-0.39, 0.29) is 16.4 Å². The highest BCUT2D eigenvalue weighted by atomic mass is 32.1. The van der Waals surface area contributed by atoms with Crippen molar-refractivity contribution < 1.29 is 5.11 Å². The zero-order valence-corrected chi connectivity index (χ0v) is 10.4. The number of nitrogens with two attached hydrogens (primary N) is 1. The zero-order chi connectivity index (χ0) is 13.3. The van der Waals surface area contributed by atoms with Crippen LogP contribution in [0, 0.1) is 6.92 Å². The fourth-order valence-corrected chi connectivity index (χ4v) is 1.71. The van der Waals surface area contributed by atoms with Crippen molar-refractivity contribution in [3.8, 4) is 5.75 Å². The number of benzene rings is 1. The first kappa shape index (κ1) is 12.3. The third kappa shape index (κ3) is 2.23. The molecule has 1 aromatic heterocycles. The molecule has 0 amide bonds. The number of fused-ring (bicyclic) bond motifs is 1. The van der Waals surface area contributed by atoms with Crippen LogP contribution in [0.25, 0.3) is 10.9 Å². The average Bonchev–Trinajstić information content (AvgIpc) is 2.30. The summed E-state index contributed by atoms with van der Waals surface area (Å²) in [5.74, 6) is -0.127. The van der Waals surface area contributed by atoms with Gasteiger partial charge in [0.2, 0.25) is 0 Å². The Morgan fingerprint density at radius 1 is 1.56 bits per heavy atom. The number of aromatic amines is 1. The lowest BCUT2D eigenvalue weighted by Crippen LogP contribution is -2.14. The minimum absolute atomic E-state index is 0.0425. The Morgan fingerprint density at radius 2 is 2.28 bits per heavy atom. The van der Waals surface area contributed by atoms with Gasteiger partial charge in [0.25, 0.3) is 5.56 Å². The Balaban J connectivity index is 2.75. The Bertz CT molecular complexity index is 719. The molecule has 0 unspecified atom stereocenters. The van der Waals surface area contributed by atoms with Crippen LogP contribution in [0.4, 0.5) is 0 Å². The smallest absolute Gasteiger partial charge is 0.261 e. The zero-order valence-electron chi connectivity index (χ0n) is 9.60. The minimum atomic E-state index is -0.441. The summed E-state index contributed by atoms with van der Waals surface area (Å²) >= 11 is 4.58. The van der Waals surface area contributed by atoms with E-state index in [0.29, 0.717) is 10.9 Å². The molecule has 0 saturated heterocycles. The van der Waals surface area contributed by atoms with E-state index < -0.39 is 5.56 Å². The van der Waals surface area contributed by atoms with Gasteiger partial charge in [0.1, 0.15) is 11.3 Å². The van der Waals surface area contributed by atoms with E-state index in [1.165, 1.54) is 0 Å². The number of aliphatic imine (C=N–C) groups is 1. The summed E-state index contributed by atoms with van der Waals surface area (Å²) in [7, 11) is 0. The normalized spacial score (nSPS) is 11.2. The van der Waals surface area contributed by atoms with E-state index in [9.17, 15) is 9.90 Å². The van der Waals surface area contributed by atoms with Gasteiger partial charge in [0, 0.05) is 11.6 Å². The molecule has 92 valence electrons. The van der Waals surface area contributed by atoms with Crippen LogP contribution in [0.5, 0.6) is 5.75 Å². The van der Waals surface area contributed by atoms with Crippen molar-refractivity contribution >= 4 is 34.4 Å². The van der Waals surface area contributed by atoms with Crippen LogP contribution < -0.4 is 11.3 Å². The van der Waals surface area contributed by atoms with E-state index in [0.717, 1.165) is 11.8 Å². The molecular weight excluding hydrogens is 250 g/mol. The summed E-state index contributed by atoms with van der Waals surface area (Å²) in [6, 6.07) is 5.36. The number of hydrogen-bond donors (Lipinski definition) is 3. The number of hydrogen-bond acceptors (Lipinski definition) is 3. The predicted octanol–water partition coefficient (Wildman–Crippen LogP) is 1.20. The summed E-state index contributed by atoms with van der Waals surface area (Å²) in [6.45, 7) is 1.90. The van der Waals surface area contributed by atoms with Crippen molar-refractivity contribution in [1.29, 1.82) is 0 Å². The molecule has 6 heteroatoms. The molecule has 4 N–H and O–H groups in total. The Morgan fingerprint density at radius 3 is 2.94 bits per heavy atom.